The molecule has 1 aromatic carbocycles. The zero-order valence-corrected chi connectivity index (χ0v) is 9.75. The van der Waals surface area contributed by atoms with Crippen LogP contribution in [0, 0.1) is 6.92 Å². The van der Waals surface area contributed by atoms with Gasteiger partial charge < -0.3 is 0 Å². The predicted molar refractivity (Wildman–Crippen MR) is 56.7 cm³/mol. The predicted octanol–water partition coefficient (Wildman–Crippen LogP) is 4.29. The van der Waals surface area contributed by atoms with Gasteiger partial charge in [-0.3, -0.25) is 0 Å². The number of alkyl halides is 3. The molecule has 0 radical (unpaired) electrons. The van der Waals surface area contributed by atoms with E-state index in [1.807, 2.05) is 0 Å². The van der Waals surface area contributed by atoms with Crippen LogP contribution in [0.1, 0.15) is 16.4 Å². The largest absolute Gasteiger partial charge is 0.404 e. The van der Waals surface area contributed by atoms with Gasteiger partial charge in [-0.15, -0.1) is 0 Å². The Morgan fingerprint density at radius 1 is 1.36 bits per heavy atom. The highest BCUT2D eigenvalue weighted by Gasteiger charge is 2.38. The van der Waals surface area contributed by atoms with Crippen molar-refractivity contribution in [2.45, 2.75) is 18.3 Å². The molecule has 1 aromatic rings. The summed E-state index contributed by atoms with van der Waals surface area (Å²) in [5.74, 6) is 0. The Balaban J connectivity index is 3.12. The number of hydrogen-bond donors (Lipinski definition) is 1. The highest BCUT2D eigenvalue weighted by Crippen LogP contribution is 2.39. The van der Waals surface area contributed by atoms with Gasteiger partial charge in [0, 0.05) is 4.47 Å². The minimum Gasteiger partial charge on any atom is -0.169 e. The Bertz CT molecular complexity index is 335. The van der Waals surface area contributed by atoms with Crippen molar-refractivity contribution in [3.8, 4) is 0 Å². The number of rotatable bonds is 1. The normalized spacial score (nSPS) is 14.1. The molecule has 0 aliphatic rings. The number of benzene rings is 1. The van der Waals surface area contributed by atoms with E-state index >= 15 is 0 Å². The molecule has 0 heterocycles. The van der Waals surface area contributed by atoms with Gasteiger partial charge in [-0.2, -0.15) is 25.8 Å². The first kappa shape index (κ1) is 11.9. The molecule has 0 bridgehead atoms. The molecule has 0 aliphatic carbocycles. The first-order chi connectivity index (χ1) is 6.32. The summed E-state index contributed by atoms with van der Waals surface area (Å²) >= 11 is 6.70. The molecule has 0 nitrogen and oxygen atoms in total. The lowest BCUT2D eigenvalue weighted by Gasteiger charge is -2.17. The highest BCUT2D eigenvalue weighted by atomic mass is 79.9. The summed E-state index contributed by atoms with van der Waals surface area (Å²) < 4.78 is 37.7. The van der Waals surface area contributed by atoms with E-state index < -0.39 is 11.4 Å². The summed E-state index contributed by atoms with van der Waals surface area (Å²) in [6.07, 6.45) is -4.31. The zero-order chi connectivity index (χ0) is 10.9. The van der Waals surface area contributed by atoms with E-state index in [4.69, 9.17) is 0 Å². The fourth-order valence-electron chi connectivity index (χ4n) is 1.08. The maximum absolute atomic E-state index is 12.4. The van der Waals surface area contributed by atoms with Crippen LogP contribution in [0.15, 0.2) is 22.7 Å². The van der Waals surface area contributed by atoms with E-state index in [1.54, 1.807) is 19.1 Å². The second-order valence-corrected chi connectivity index (χ2v) is 4.38. The Hall–Kier alpha value is -0.160. The third kappa shape index (κ3) is 2.67. The Labute approximate surface area is 94.0 Å². The third-order valence-electron chi connectivity index (χ3n) is 1.85. The van der Waals surface area contributed by atoms with Crippen LogP contribution in [-0.2, 0) is 0 Å². The molecule has 78 valence electrons. The van der Waals surface area contributed by atoms with Gasteiger partial charge in [-0.1, -0.05) is 22.0 Å². The number of aryl methyl sites for hydroxylation is 1. The molecular weight excluding hydrogens is 277 g/mol. The van der Waals surface area contributed by atoms with Crippen molar-refractivity contribution in [2.75, 3.05) is 0 Å². The van der Waals surface area contributed by atoms with E-state index in [2.05, 4.69) is 28.6 Å². The van der Waals surface area contributed by atoms with Crippen LogP contribution in [-0.4, -0.2) is 6.18 Å². The Morgan fingerprint density at radius 3 is 2.43 bits per heavy atom. The standard InChI is InChI=1S/C9H8BrF3S/c1-5-2-3-6(10)4-7(5)8(14)9(11,12)13/h2-4,8,14H,1H3. The van der Waals surface area contributed by atoms with E-state index in [9.17, 15) is 13.2 Å². The van der Waals surface area contributed by atoms with Crippen LogP contribution < -0.4 is 0 Å². The van der Waals surface area contributed by atoms with Gasteiger partial charge in [-0.05, 0) is 30.2 Å². The average molecular weight is 285 g/mol. The van der Waals surface area contributed by atoms with Crippen LogP contribution in [0.25, 0.3) is 0 Å². The van der Waals surface area contributed by atoms with Crippen molar-refractivity contribution >= 4 is 28.6 Å². The van der Waals surface area contributed by atoms with Crippen LogP contribution >= 0.6 is 28.6 Å². The first-order valence-electron chi connectivity index (χ1n) is 3.83. The monoisotopic (exact) mass is 284 g/mol. The van der Waals surface area contributed by atoms with E-state index in [-0.39, 0.29) is 5.56 Å². The second kappa shape index (κ2) is 4.14. The van der Waals surface area contributed by atoms with Gasteiger partial charge in [0.2, 0.25) is 0 Å². The SMILES string of the molecule is Cc1ccc(Br)cc1C(S)C(F)(F)F. The molecule has 0 fully saturated rings. The summed E-state index contributed by atoms with van der Waals surface area (Å²) in [5, 5.41) is -1.72. The molecule has 1 unspecified atom stereocenters. The smallest absolute Gasteiger partial charge is 0.169 e. The fraction of sp³-hybridized carbons (Fsp3) is 0.333. The van der Waals surface area contributed by atoms with Gasteiger partial charge in [0.05, 0.1) is 0 Å². The molecule has 0 N–H and O–H groups in total. The van der Waals surface area contributed by atoms with Crippen molar-refractivity contribution in [1.29, 1.82) is 0 Å². The molecule has 0 saturated carbocycles. The van der Waals surface area contributed by atoms with Crippen molar-refractivity contribution in [3.63, 3.8) is 0 Å². The Kier molecular flexibility index (Phi) is 3.53. The van der Waals surface area contributed by atoms with Crippen LogP contribution in [0.3, 0.4) is 0 Å². The minimum absolute atomic E-state index is 0.190. The lowest BCUT2D eigenvalue weighted by Crippen LogP contribution is -2.16. The summed E-state index contributed by atoms with van der Waals surface area (Å²) in [6.45, 7) is 1.64. The van der Waals surface area contributed by atoms with Gasteiger partial charge >= 0.3 is 6.18 Å². The minimum atomic E-state index is -4.31. The molecule has 0 aromatic heterocycles. The van der Waals surface area contributed by atoms with Gasteiger partial charge in [0.15, 0.2) is 0 Å². The molecular formula is C9H8BrF3S. The lowest BCUT2D eigenvalue weighted by atomic mass is 10.1. The highest BCUT2D eigenvalue weighted by molar-refractivity contribution is 9.10. The molecule has 5 heteroatoms. The Morgan fingerprint density at radius 2 is 1.93 bits per heavy atom. The maximum atomic E-state index is 12.4. The molecule has 1 atom stereocenters. The van der Waals surface area contributed by atoms with Gasteiger partial charge in [0.1, 0.15) is 5.25 Å². The summed E-state index contributed by atoms with van der Waals surface area (Å²) in [4.78, 5) is 0. The average Bonchev–Trinajstić information content (AvgIpc) is 2.06. The molecule has 0 aliphatic heterocycles. The lowest BCUT2D eigenvalue weighted by molar-refractivity contribution is -0.129. The van der Waals surface area contributed by atoms with Crippen LogP contribution in [0.4, 0.5) is 13.2 Å². The molecule has 14 heavy (non-hydrogen) atoms. The van der Waals surface area contributed by atoms with Crippen molar-refractivity contribution in [1.82, 2.24) is 0 Å². The molecule has 1 rings (SSSR count). The van der Waals surface area contributed by atoms with Gasteiger partial charge in [-0.25, -0.2) is 0 Å². The summed E-state index contributed by atoms with van der Waals surface area (Å²) in [6, 6.07) is 4.78. The van der Waals surface area contributed by atoms with E-state index in [0.717, 1.165) is 0 Å². The summed E-state index contributed by atoms with van der Waals surface area (Å²) in [7, 11) is 0. The number of hydrogen-bond acceptors (Lipinski definition) is 1. The molecule has 0 amide bonds. The quantitative estimate of drug-likeness (QED) is 0.731. The van der Waals surface area contributed by atoms with Crippen molar-refractivity contribution in [2.24, 2.45) is 0 Å². The number of halogens is 4. The van der Waals surface area contributed by atoms with Crippen LogP contribution in [0.5, 0.6) is 0 Å². The van der Waals surface area contributed by atoms with Crippen molar-refractivity contribution < 1.29 is 13.2 Å². The molecule has 0 spiro atoms. The maximum Gasteiger partial charge on any atom is 0.404 e. The first-order valence-corrected chi connectivity index (χ1v) is 5.14. The second-order valence-electron chi connectivity index (χ2n) is 2.95. The van der Waals surface area contributed by atoms with Crippen LogP contribution in [0.2, 0.25) is 0 Å². The van der Waals surface area contributed by atoms with Gasteiger partial charge in [0.25, 0.3) is 0 Å². The van der Waals surface area contributed by atoms with E-state index in [0.29, 0.717) is 10.0 Å². The summed E-state index contributed by atoms with van der Waals surface area (Å²) in [5.41, 5.74) is 0.778. The zero-order valence-electron chi connectivity index (χ0n) is 7.27. The van der Waals surface area contributed by atoms with E-state index in [1.165, 1.54) is 6.07 Å². The topological polar surface area (TPSA) is 0 Å². The van der Waals surface area contributed by atoms with Crippen molar-refractivity contribution in [3.05, 3.63) is 33.8 Å². The third-order valence-corrected chi connectivity index (χ3v) is 2.91. The fourth-order valence-corrected chi connectivity index (χ4v) is 1.74. The number of thiol groups is 1. The molecule has 0 saturated heterocycles.